The summed E-state index contributed by atoms with van der Waals surface area (Å²) in [5.74, 6) is -0.398. The Labute approximate surface area is 183 Å². The maximum atomic E-state index is 13.2. The van der Waals surface area contributed by atoms with Crippen LogP contribution in [-0.4, -0.2) is 21.6 Å². The molecule has 3 amide bonds. The maximum absolute atomic E-state index is 13.2. The van der Waals surface area contributed by atoms with Crippen LogP contribution in [0.2, 0.25) is 0 Å². The monoisotopic (exact) mass is 524 g/mol. The van der Waals surface area contributed by atoms with Crippen LogP contribution in [0.4, 0.5) is 23.7 Å². The second-order valence-electron chi connectivity index (χ2n) is 6.66. The van der Waals surface area contributed by atoms with Gasteiger partial charge in [-0.05, 0) is 35.9 Å². The second kappa shape index (κ2) is 7.32. The molecule has 0 radical (unpaired) electrons. The Bertz CT molecular complexity index is 1120. The van der Waals surface area contributed by atoms with Gasteiger partial charge in [0.1, 0.15) is 6.04 Å². The zero-order chi connectivity index (χ0) is 21.6. The molecule has 2 aromatic carbocycles. The number of urea groups is 1. The summed E-state index contributed by atoms with van der Waals surface area (Å²) in [5, 5.41) is 11.6. The summed E-state index contributed by atoms with van der Waals surface area (Å²) < 4.78 is 40.8. The summed E-state index contributed by atoms with van der Waals surface area (Å²) in [6.45, 7) is 0.0212. The summed E-state index contributed by atoms with van der Waals surface area (Å²) in [4.78, 5) is 26.9. The first-order valence-electron chi connectivity index (χ1n) is 8.70. The number of benzene rings is 2. The Hall–Kier alpha value is -3.07. The molecular formula is C20H12F3IN4O2. The van der Waals surface area contributed by atoms with Crippen LogP contribution in [0.3, 0.4) is 0 Å². The van der Waals surface area contributed by atoms with Crippen molar-refractivity contribution in [2.45, 2.75) is 12.2 Å². The van der Waals surface area contributed by atoms with Crippen LogP contribution in [0.1, 0.15) is 22.7 Å². The van der Waals surface area contributed by atoms with E-state index in [1.165, 1.54) is 15.2 Å². The zero-order valence-electron chi connectivity index (χ0n) is 15.1. The van der Waals surface area contributed by atoms with E-state index in [0.717, 1.165) is 17.0 Å². The van der Waals surface area contributed by atoms with Gasteiger partial charge in [0.2, 0.25) is 0 Å². The second-order valence-corrected chi connectivity index (χ2v) is 7.70. The predicted octanol–water partition coefficient (Wildman–Crippen LogP) is 4.29. The molecule has 0 saturated heterocycles. The number of rotatable bonds is 2. The van der Waals surface area contributed by atoms with E-state index < -0.39 is 29.7 Å². The van der Waals surface area contributed by atoms with Crippen molar-refractivity contribution in [2.75, 3.05) is 11.4 Å². The summed E-state index contributed by atoms with van der Waals surface area (Å²) in [6, 6.07) is 11.6. The highest BCUT2D eigenvalue weighted by atomic mass is 127. The van der Waals surface area contributed by atoms with Crippen LogP contribution in [-0.2, 0) is 11.0 Å². The SMILES string of the molecule is N#Cc1ccc([C@@H]2C3=C(CNC3=O)N(c3cccc(C(F)(F)F)c3)C(=O)N2I)cc1. The van der Waals surface area contributed by atoms with Gasteiger partial charge in [-0.3, -0.25) is 12.8 Å². The molecule has 0 spiro atoms. The molecule has 10 heteroatoms. The first kappa shape index (κ1) is 20.2. The summed E-state index contributed by atoms with van der Waals surface area (Å²) in [6.07, 6.45) is -4.56. The molecular weight excluding hydrogens is 512 g/mol. The van der Waals surface area contributed by atoms with Crippen molar-refractivity contribution in [2.24, 2.45) is 0 Å². The third-order valence-corrected chi connectivity index (χ3v) is 5.87. The number of amides is 3. The van der Waals surface area contributed by atoms with Crippen LogP contribution >= 0.6 is 22.9 Å². The number of nitrogens with one attached hydrogen (secondary N) is 1. The molecule has 0 unspecified atom stereocenters. The number of halogens is 4. The highest BCUT2D eigenvalue weighted by Gasteiger charge is 2.46. The van der Waals surface area contributed by atoms with E-state index in [0.29, 0.717) is 16.8 Å². The smallest absolute Gasteiger partial charge is 0.347 e. The zero-order valence-corrected chi connectivity index (χ0v) is 17.2. The molecule has 152 valence electrons. The average Bonchev–Trinajstić information content (AvgIpc) is 3.09. The maximum Gasteiger partial charge on any atom is 0.416 e. The molecule has 0 bridgehead atoms. The van der Waals surface area contributed by atoms with E-state index in [-0.39, 0.29) is 17.8 Å². The van der Waals surface area contributed by atoms with Gasteiger partial charge in [0.05, 0.1) is 63.6 Å². The predicted molar refractivity (Wildman–Crippen MR) is 109 cm³/mol. The fourth-order valence-electron chi connectivity index (χ4n) is 3.53. The topological polar surface area (TPSA) is 76.4 Å². The lowest BCUT2D eigenvalue weighted by Crippen LogP contribution is -2.45. The van der Waals surface area contributed by atoms with Gasteiger partial charge in [0.25, 0.3) is 5.91 Å². The molecule has 1 atom stereocenters. The van der Waals surface area contributed by atoms with Gasteiger partial charge < -0.3 is 5.32 Å². The molecule has 0 fully saturated rings. The van der Waals surface area contributed by atoms with E-state index in [1.54, 1.807) is 47.1 Å². The molecule has 2 aliphatic heterocycles. The van der Waals surface area contributed by atoms with Crippen LogP contribution in [0.25, 0.3) is 0 Å². The van der Waals surface area contributed by atoms with Gasteiger partial charge in [0.15, 0.2) is 0 Å². The molecule has 4 rings (SSSR count). The van der Waals surface area contributed by atoms with Crippen molar-refractivity contribution in [3.8, 4) is 6.07 Å². The van der Waals surface area contributed by atoms with E-state index in [4.69, 9.17) is 5.26 Å². The van der Waals surface area contributed by atoms with E-state index in [1.807, 2.05) is 6.07 Å². The fraction of sp³-hybridized carbons (Fsp3) is 0.150. The lowest BCUT2D eigenvalue weighted by Gasteiger charge is -2.38. The first-order chi connectivity index (χ1) is 14.2. The van der Waals surface area contributed by atoms with E-state index in [2.05, 4.69) is 5.32 Å². The summed E-state index contributed by atoms with van der Waals surface area (Å²) in [7, 11) is 0. The van der Waals surface area contributed by atoms with Crippen LogP contribution in [0.5, 0.6) is 0 Å². The van der Waals surface area contributed by atoms with Gasteiger partial charge in [-0.2, -0.15) is 18.4 Å². The first-order valence-corrected chi connectivity index (χ1v) is 9.66. The molecule has 0 aromatic heterocycles. The van der Waals surface area contributed by atoms with Gasteiger partial charge in [-0.15, -0.1) is 0 Å². The summed E-state index contributed by atoms with van der Waals surface area (Å²) >= 11 is 1.76. The Balaban J connectivity index is 1.85. The minimum absolute atomic E-state index is 0.0212. The molecule has 30 heavy (non-hydrogen) atoms. The van der Waals surface area contributed by atoms with Crippen LogP contribution < -0.4 is 10.2 Å². The van der Waals surface area contributed by atoms with Crippen molar-refractivity contribution < 1.29 is 22.8 Å². The number of nitriles is 1. The Morgan fingerprint density at radius 3 is 2.47 bits per heavy atom. The molecule has 2 aliphatic rings. The fourth-order valence-corrected chi connectivity index (χ4v) is 4.34. The molecule has 2 aromatic rings. The van der Waals surface area contributed by atoms with Crippen LogP contribution in [0.15, 0.2) is 59.8 Å². The van der Waals surface area contributed by atoms with Crippen molar-refractivity contribution in [1.29, 1.82) is 5.26 Å². The number of hydrogen-bond acceptors (Lipinski definition) is 3. The lowest BCUT2D eigenvalue weighted by atomic mass is 9.94. The van der Waals surface area contributed by atoms with Crippen molar-refractivity contribution >= 4 is 40.5 Å². The largest absolute Gasteiger partial charge is 0.416 e. The molecule has 0 saturated carbocycles. The molecule has 0 aliphatic carbocycles. The number of carbonyl (C=O) groups excluding carboxylic acids is 2. The van der Waals surface area contributed by atoms with Gasteiger partial charge >= 0.3 is 12.2 Å². The number of alkyl halides is 3. The van der Waals surface area contributed by atoms with E-state index in [9.17, 15) is 22.8 Å². The Kier molecular flexibility index (Phi) is 4.93. The van der Waals surface area contributed by atoms with Crippen molar-refractivity contribution in [3.63, 3.8) is 0 Å². The van der Waals surface area contributed by atoms with Crippen LogP contribution in [0, 0.1) is 11.3 Å². The third-order valence-electron chi connectivity index (χ3n) is 4.90. The van der Waals surface area contributed by atoms with E-state index >= 15 is 0 Å². The number of carbonyl (C=O) groups is 2. The lowest BCUT2D eigenvalue weighted by molar-refractivity contribution is -0.137. The number of nitrogens with zero attached hydrogens (tertiary/aromatic N) is 3. The molecule has 2 heterocycles. The number of anilines is 1. The molecule has 1 N–H and O–H groups in total. The number of hydrogen-bond donors (Lipinski definition) is 1. The van der Waals surface area contributed by atoms with Gasteiger partial charge in [-0.25, -0.2) is 4.79 Å². The highest BCUT2D eigenvalue weighted by molar-refractivity contribution is 14.1. The average molecular weight is 524 g/mol. The van der Waals surface area contributed by atoms with Crippen molar-refractivity contribution in [3.05, 3.63) is 76.5 Å². The van der Waals surface area contributed by atoms with Gasteiger partial charge in [-0.1, -0.05) is 18.2 Å². The van der Waals surface area contributed by atoms with Gasteiger partial charge in [0, 0.05) is 0 Å². The normalized spacial score (nSPS) is 19.0. The quantitative estimate of drug-likeness (QED) is 0.471. The highest BCUT2D eigenvalue weighted by Crippen LogP contribution is 2.43. The Morgan fingerprint density at radius 1 is 1.13 bits per heavy atom. The standard InChI is InChI=1S/C20H12F3IN4O2/c21-20(22,23)13-2-1-3-14(8-13)27-15-10-26-18(29)16(15)17(28(24)19(27)30)12-6-4-11(9-25)5-7-12/h1-8,17H,10H2,(H,26,29)/t17-/m1/s1. The molecule has 6 nitrogen and oxygen atoms in total. The van der Waals surface area contributed by atoms with Crippen molar-refractivity contribution in [1.82, 2.24) is 8.43 Å². The minimum Gasteiger partial charge on any atom is -0.347 e. The summed E-state index contributed by atoms with van der Waals surface area (Å²) in [5.41, 5.74) is 0.777. The third kappa shape index (κ3) is 3.28. The minimum atomic E-state index is -4.56. The Morgan fingerprint density at radius 2 is 1.83 bits per heavy atom.